The minimum Gasteiger partial charge on any atom is -0.441 e. The largest absolute Gasteiger partial charge is 0.441 e. The van der Waals surface area contributed by atoms with E-state index in [9.17, 15) is 4.79 Å². The first-order valence-electron chi connectivity index (χ1n) is 8.55. The van der Waals surface area contributed by atoms with Gasteiger partial charge in [0.05, 0.1) is 6.54 Å². The highest BCUT2D eigenvalue weighted by Crippen LogP contribution is 2.33. The summed E-state index contributed by atoms with van der Waals surface area (Å²) in [5.74, 6) is 1.93. The van der Waals surface area contributed by atoms with Crippen molar-refractivity contribution >= 4 is 11.9 Å². The summed E-state index contributed by atoms with van der Waals surface area (Å²) in [5, 5.41) is 0. The lowest BCUT2D eigenvalue weighted by Gasteiger charge is -2.26. The Labute approximate surface area is 137 Å². The minimum atomic E-state index is -0.311. The fourth-order valence-corrected chi connectivity index (χ4v) is 3.56. The van der Waals surface area contributed by atoms with Crippen LogP contribution >= 0.6 is 0 Å². The van der Waals surface area contributed by atoms with Gasteiger partial charge in [0.15, 0.2) is 0 Å². The van der Waals surface area contributed by atoms with Gasteiger partial charge in [0.2, 0.25) is 0 Å². The smallest absolute Gasteiger partial charge is 0.410 e. The topological polar surface area (TPSA) is 58.6 Å². The molecule has 1 spiro atoms. The van der Waals surface area contributed by atoms with Crippen molar-refractivity contribution in [1.29, 1.82) is 0 Å². The van der Waals surface area contributed by atoms with Crippen LogP contribution in [-0.2, 0) is 11.2 Å². The van der Waals surface area contributed by atoms with Crippen LogP contribution < -0.4 is 4.90 Å². The number of rotatable bonds is 3. The lowest BCUT2D eigenvalue weighted by atomic mass is 9.95. The van der Waals surface area contributed by atoms with Crippen molar-refractivity contribution in [2.75, 3.05) is 31.6 Å². The van der Waals surface area contributed by atoms with Gasteiger partial charge in [-0.15, -0.1) is 0 Å². The number of anilines is 1. The highest BCUT2D eigenvalue weighted by Gasteiger charge is 2.44. The van der Waals surface area contributed by atoms with Crippen molar-refractivity contribution in [3.05, 3.63) is 17.6 Å². The van der Waals surface area contributed by atoms with Crippen LogP contribution in [0.3, 0.4) is 0 Å². The van der Waals surface area contributed by atoms with Crippen molar-refractivity contribution < 1.29 is 9.53 Å². The first-order chi connectivity index (χ1) is 11.0. The van der Waals surface area contributed by atoms with E-state index in [4.69, 9.17) is 9.72 Å². The molecule has 0 aliphatic carbocycles. The molecule has 2 saturated heterocycles. The van der Waals surface area contributed by atoms with Crippen LogP contribution in [0.5, 0.6) is 0 Å². The average Bonchev–Trinajstić information content (AvgIpc) is 2.66. The van der Waals surface area contributed by atoms with Gasteiger partial charge < -0.3 is 14.5 Å². The first-order valence-corrected chi connectivity index (χ1v) is 8.55. The van der Waals surface area contributed by atoms with Gasteiger partial charge >= 0.3 is 6.09 Å². The summed E-state index contributed by atoms with van der Waals surface area (Å²) in [5.41, 5.74) is 0.707. The molecule has 0 saturated carbocycles. The Hall–Kier alpha value is -1.85. The highest BCUT2D eigenvalue weighted by molar-refractivity contribution is 5.70. The zero-order chi connectivity index (χ0) is 16.4. The number of nitrogens with zero attached hydrogens (tertiary/aromatic N) is 4. The number of hydrogen-bond acceptors (Lipinski definition) is 5. The van der Waals surface area contributed by atoms with Gasteiger partial charge in [0.1, 0.15) is 17.2 Å². The van der Waals surface area contributed by atoms with Crippen molar-refractivity contribution in [3.63, 3.8) is 0 Å². The Morgan fingerprint density at radius 3 is 2.83 bits per heavy atom. The Kier molecular flexibility index (Phi) is 4.41. The summed E-state index contributed by atoms with van der Waals surface area (Å²) in [6, 6.07) is 2.06. The summed E-state index contributed by atoms with van der Waals surface area (Å²) in [6.45, 7) is 6.68. The number of carbonyl (C=O) groups is 1. The molecule has 126 valence electrons. The third kappa shape index (κ3) is 3.41. The lowest BCUT2D eigenvalue weighted by Crippen LogP contribution is -2.35. The normalized spacial score (nSPS) is 24.9. The number of hydrogen-bond donors (Lipinski definition) is 0. The number of amides is 1. The molecular weight excluding hydrogens is 292 g/mol. The molecule has 0 N–H and O–H groups in total. The number of aromatic nitrogens is 2. The Balaban J connectivity index is 1.74. The Bertz CT molecular complexity index is 592. The van der Waals surface area contributed by atoms with E-state index in [1.807, 2.05) is 14.0 Å². The molecule has 0 bridgehead atoms. The molecule has 0 unspecified atom stereocenters. The van der Waals surface area contributed by atoms with Gasteiger partial charge in [0.25, 0.3) is 0 Å². The van der Waals surface area contributed by atoms with Gasteiger partial charge in [-0.3, -0.25) is 0 Å². The van der Waals surface area contributed by atoms with Crippen molar-refractivity contribution in [2.24, 2.45) is 0 Å². The van der Waals surface area contributed by atoms with Crippen LogP contribution in [0.15, 0.2) is 6.07 Å². The first kappa shape index (κ1) is 16.0. The number of likely N-dealkylation sites (N-methyl/N-ethyl adjacent to an activating group) is 1. The van der Waals surface area contributed by atoms with Crippen LogP contribution in [0.2, 0.25) is 0 Å². The molecule has 1 atom stereocenters. The monoisotopic (exact) mass is 318 g/mol. The molecule has 1 aromatic heterocycles. The second kappa shape index (κ2) is 6.34. The molecule has 2 fully saturated rings. The van der Waals surface area contributed by atoms with Crippen LogP contribution in [0.1, 0.15) is 44.1 Å². The van der Waals surface area contributed by atoms with Gasteiger partial charge in [-0.1, -0.05) is 6.92 Å². The van der Waals surface area contributed by atoms with E-state index in [-0.39, 0.29) is 11.7 Å². The summed E-state index contributed by atoms with van der Waals surface area (Å²) in [7, 11) is 1.81. The lowest BCUT2D eigenvalue weighted by molar-refractivity contribution is 0.0473. The van der Waals surface area contributed by atoms with Gasteiger partial charge in [-0.05, 0) is 26.2 Å². The average molecular weight is 318 g/mol. The zero-order valence-electron chi connectivity index (χ0n) is 14.3. The third-order valence-electron chi connectivity index (χ3n) is 4.72. The number of carbonyl (C=O) groups excluding carboxylic acids is 1. The van der Waals surface area contributed by atoms with E-state index >= 15 is 0 Å². The highest BCUT2D eigenvalue weighted by atomic mass is 16.6. The molecule has 3 heterocycles. The molecule has 1 amide bonds. The van der Waals surface area contributed by atoms with Gasteiger partial charge in [-0.2, -0.15) is 0 Å². The predicted octanol–water partition coefficient (Wildman–Crippen LogP) is 2.55. The van der Waals surface area contributed by atoms with E-state index in [2.05, 4.69) is 22.9 Å². The Morgan fingerprint density at radius 1 is 1.30 bits per heavy atom. The van der Waals surface area contributed by atoms with E-state index in [1.54, 1.807) is 4.90 Å². The molecule has 0 aromatic carbocycles. The third-order valence-corrected chi connectivity index (χ3v) is 4.72. The maximum absolute atomic E-state index is 11.7. The SMILES string of the molecule is CCCc1nc(C)cc(N2CCC[C@@]3(CC2)CN(C)C(=O)O3)n1. The second-order valence-corrected chi connectivity index (χ2v) is 6.78. The predicted molar refractivity (Wildman–Crippen MR) is 88.7 cm³/mol. The second-order valence-electron chi connectivity index (χ2n) is 6.78. The summed E-state index contributed by atoms with van der Waals surface area (Å²) in [4.78, 5) is 25.0. The molecule has 1 aromatic rings. The summed E-state index contributed by atoms with van der Waals surface area (Å²) < 4.78 is 5.68. The Morgan fingerprint density at radius 2 is 2.13 bits per heavy atom. The standard InChI is InChI=1S/C17H26N4O2/c1-4-6-14-18-13(2)11-15(19-14)21-9-5-7-17(8-10-21)12-20(3)16(22)23-17/h11H,4-10,12H2,1-3H3/t17-/m1/s1. The van der Waals surface area contributed by atoms with Crippen LogP contribution in [0.25, 0.3) is 0 Å². The fraction of sp³-hybridized carbons (Fsp3) is 0.706. The van der Waals surface area contributed by atoms with E-state index < -0.39 is 0 Å². The van der Waals surface area contributed by atoms with Crippen LogP contribution in [0.4, 0.5) is 10.6 Å². The molecular formula is C17H26N4O2. The molecule has 2 aliphatic heterocycles. The van der Waals surface area contributed by atoms with Gasteiger partial charge in [-0.25, -0.2) is 14.8 Å². The summed E-state index contributed by atoms with van der Waals surface area (Å²) >= 11 is 0. The molecule has 0 radical (unpaired) electrons. The van der Waals surface area contributed by atoms with Crippen molar-refractivity contribution in [2.45, 2.75) is 51.6 Å². The van der Waals surface area contributed by atoms with Crippen molar-refractivity contribution in [3.8, 4) is 0 Å². The summed E-state index contributed by atoms with van der Waals surface area (Å²) in [6.07, 6.45) is 4.55. The van der Waals surface area contributed by atoms with Crippen LogP contribution in [-0.4, -0.2) is 53.2 Å². The molecule has 3 rings (SSSR count). The zero-order valence-corrected chi connectivity index (χ0v) is 14.3. The molecule has 6 heteroatoms. The van der Waals surface area contributed by atoms with Crippen LogP contribution in [0, 0.1) is 6.92 Å². The fourth-order valence-electron chi connectivity index (χ4n) is 3.56. The molecule has 6 nitrogen and oxygen atoms in total. The molecule has 23 heavy (non-hydrogen) atoms. The maximum atomic E-state index is 11.7. The van der Waals surface area contributed by atoms with E-state index in [1.165, 1.54) is 0 Å². The maximum Gasteiger partial charge on any atom is 0.410 e. The number of ether oxygens (including phenoxy) is 1. The van der Waals surface area contributed by atoms with E-state index in [0.717, 1.165) is 62.5 Å². The quantitative estimate of drug-likeness (QED) is 0.857. The van der Waals surface area contributed by atoms with E-state index in [0.29, 0.717) is 6.54 Å². The van der Waals surface area contributed by atoms with Gasteiger partial charge in [0, 0.05) is 44.7 Å². The van der Waals surface area contributed by atoms with Crippen molar-refractivity contribution in [1.82, 2.24) is 14.9 Å². The minimum absolute atomic E-state index is 0.193. The molecule has 2 aliphatic rings. The number of aryl methyl sites for hydroxylation is 2.